The highest BCUT2D eigenvalue weighted by Gasteiger charge is 2.43. The molecule has 8 heteroatoms. The summed E-state index contributed by atoms with van der Waals surface area (Å²) in [6.07, 6.45) is 2.41. The number of aliphatic hydroxyl groups excluding tert-OH is 1. The van der Waals surface area contributed by atoms with E-state index in [1.54, 1.807) is 0 Å². The van der Waals surface area contributed by atoms with Crippen LogP contribution in [-0.2, 0) is 0 Å². The molecule has 3 N–H and O–H groups in total. The second kappa shape index (κ2) is 4.22. The molecule has 1 heterocycles. The molecule has 8 nitrogen and oxygen atoms in total. The van der Waals surface area contributed by atoms with E-state index in [4.69, 9.17) is 10.2 Å². The summed E-state index contributed by atoms with van der Waals surface area (Å²) in [6.45, 7) is -0.134. The van der Waals surface area contributed by atoms with E-state index in [0.29, 0.717) is 12.8 Å². The zero-order chi connectivity index (χ0) is 13.3. The summed E-state index contributed by atoms with van der Waals surface area (Å²) >= 11 is 0. The van der Waals surface area contributed by atoms with Crippen LogP contribution in [0.4, 0.5) is 11.5 Å². The molecular weight excluding hydrogens is 242 g/mol. The standard InChI is InChI=1S/C10H11N3O5/c14-5-10(1-2-10)12-8-7(9(15)16)3-6(4-11-8)13(17)18/h3-4,14H,1-2,5H2,(H,11,12)(H,15,16). The van der Waals surface area contributed by atoms with Gasteiger partial charge in [0, 0.05) is 6.07 Å². The van der Waals surface area contributed by atoms with Gasteiger partial charge in [-0.1, -0.05) is 0 Å². The van der Waals surface area contributed by atoms with E-state index in [2.05, 4.69) is 10.3 Å². The third-order valence-electron chi connectivity index (χ3n) is 2.85. The van der Waals surface area contributed by atoms with E-state index < -0.39 is 16.4 Å². The lowest BCUT2D eigenvalue weighted by molar-refractivity contribution is -0.385. The number of carbonyl (C=O) groups is 1. The van der Waals surface area contributed by atoms with Gasteiger partial charge in [0.2, 0.25) is 0 Å². The fraction of sp³-hybridized carbons (Fsp3) is 0.400. The van der Waals surface area contributed by atoms with E-state index in [1.807, 2.05) is 0 Å². The third kappa shape index (κ3) is 2.23. The van der Waals surface area contributed by atoms with Crippen LogP contribution in [-0.4, -0.2) is 38.2 Å². The van der Waals surface area contributed by atoms with Gasteiger partial charge >= 0.3 is 5.97 Å². The van der Waals surface area contributed by atoms with Crippen LogP contribution >= 0.6 is 0 Å². The Labute approximate surface area is 101 Å². The lowest BCUT2D eigenvalue weighted by Gasteiger charge is -2.16. The molecule has 0 saturated heterocycles. The van der Waals surface area contributed by atoms with E-state index in [-0.39, 0.29) is 23.7 Å². The van der Waals surface area contributed by atoms with E-state index in [0.717, 1.165) is 12.3 Å². The molecule has 1 fully saturated rings. The van der Waals surface area contributed by atoms with Crippen molar-refractivity contribution in [3.8, 4) is 0 Å². The molecule has 1 saturated carbocycles. The number of anilines is 1. The zero-order valence-corrected chi connectivity index (χ0v) is 9.29. The Balaban J connectivity index is 2.35. The minimum absolute atomic E-state index is 0.0413. The molecule has 0 amide bonds. The van der Waals surface area contributed by atoms with Crippen molar-refractivity contribution in [2.75, 3.05) is 11.9 Å². The first-order valence-electron chi connectivity index (χ1n) is 5.24. The van der Waals surface area contributed by atoms with Gasteiger partial charge in [-0.2, -0.15) is 0 Å². The highest BCUT2D eigenvalue weighted by atomic mass is 16.6. The van der Waals surface area contributed by atoms with E-state index in [1.165, 1.54) is 0 Å². The number of hydrogen-bond donors (Lipinski definition) is 3. The first-order chi connectivity index (χ1) is 8.47. The molecule has 1 aromatic heterocycles. The van der Waals surface area contributed by atoms with Crippen LogP contribution in [0.5, 0.6) is 0 Å². The normalized spacial score (nSPS) is 16.1. The monoisotopic (exact) mass is 253 g/mol. The number of nitrogens with zero attached hydrogens (tertiary/aromatic N) is 2. The number of aromatic nitrogens is 1. The van der Waals surface area contributed by atoms with Crippen LogP contribution in [0.15, 0.2) is 12.3 Å². The molecule has 1 aliphatic carbocycles. The maximum absolute atomic E-state index is 11.0. The summed E-state index contributed by atoms with van der Waals surface area (Å²) in [6, 6.07) is 0.950. The maximum Gasteiger partial charge on any atom is 0.339 e. The lowest BCUT2D eigenvalue weighted by atomic mass is 10.2. The van der Waals surface area contributed by atoms with Gasteiger partial charge in [-0.15, -0.1) is 0 Å². The first kappa shape index (κ1) is 12.2. The molecule has 96 valence electrons. The van der Waals surface area contributed by atoms with Crippen molar-refractivity contribution in [2.45, 2.75) is 18.4 Å². The number of rotatable bonds is 5. The highest BCUT2D eigenvalue weighted by Crippen LogP contribution is 2.38. The number of carboxylic acid groups (broad SMARTS) is 1. The molecule has 0 atom stereocenters. The molecule has 0 aliphatic heterocycles. The molecule has 0 bridgehead atoms. The van der Waals surface area contributed by atoms with Crippen molar-refractivity contribution < 1.29 is 19.9 Å². The largest absolute Gasteiger partial charge is 0.478 e. The SMILES string of the molecule is O=C(O)c1cc([N+](=O)[O-])cnc1NC1(CO)CC1. The van der Waals surface area contributed by atoms with Crippen LogP contribution in [0, 0.1) is 10.1 Å². The van der Waals surface area contributed by atoms with Crippen molar-refractivity contribution in [1.82, 2.24) is 4.98 Å². The van der Waals surface area contributed by atoms with E-state index >= 15 is 0 Å². The molecule has 0 unspecified atom stereocenters. The minimum Gasteiger partial charge on any atom is -0.478 e. The Bertz CT molecular complexity index is 512. The summed E-state index contributed by atoms with van der Waals surface area (Å²) in [5.41, 5.74) is -1.19. The van der Waals surface area contributed by atoms with Gasteiger partial charge in [-0.25, -0.2) is 9.78 Å². The molecule has 0 radical (unpaired) electrons. The molecule has 1 aromatic rings. The van der Waals surface area contributed by atoms with Crippen molar-refractivity contribution in [1.29, 1.82) is 0 Å². The van der Waals surface area contributed by atoms with E-state index in [9.17, 15) is 14.9 Å². The van der Waals surface area contributed by atoms with Crippen molar-refractivity contribution in [2.24, 2.45) is 0 Å². The highest BCUT2D eigenvalue weighted by molar-refractivity contribution is 5.94. The number of pyridine rings is 1. The first-order valence-corrected chi connectivity index (χ1v) is 5.24. The van der Waals surface area contributed by atoms with Crippen LogP contribution in [0.2, 0.25) is 0 Å². The van der Waals surface area contributed by atoms with Crippen molar-refractivity contribution in [3.63, 3.8) is 0 Å². The topological polar surface area (TPSA) is 126 Å². The average Bonchev–Trinajstić information content (AvgIpc) is 3.09. The Kier molecular flexibility index (Phi) is 2.87. The van der Waals surface area contributed by atoms with Crippen molar-refractivity contribution >= 4 is 17.5 Å². The van der Waals surface area contributed by atoms with Gasteiger partial charge < -0.3 is 15.5 Å². The zero-order valence-electron chi connectivity index (χ0n) is 9.29. The minimum atomic E-state index is -1.30. The number of nitro groups is 1. The summed E-state index contributed by atoms with van der Waals surface area (Å²) in [7, 11) is 0. The number of nitrogens with one attached hydrogen (secondary N) is 1. The van der Waals surface area contributed by atoms with Gasteiger partial charge in [0.25, 0.3) is 5.69 Å². The molecule has 1 aliphatic rings. The lowest BCUT2D eigenvalue weighted by Crippen LogP contribution is -2.27. The van der Waals surface area contributed by atoms with Crippen molar-refractivity contribution in [3.05, 3.63) is 27.9 Å². The second-order valence-electron chi connectivity index (χ2n) is 4.22. The summed E-state index contributed by atoms with van der Waals surface area (Å²) in [5, 5.41) is 31.5. The van der Waals surface area contributed by atoms with Crippen LogP contribution in [0.25, 0.3) is 0 Å². The molecule has 2 rings (SSSR count). The number of hydrogen-bond acceptors (Lipinski definition) is 6. The van der Waals surface area contributed by atoms with Crippen LogP contribution < -0.4 is 5.32 Å². The van der Waals surface area contributed by atoms with Gasteiger partial charge in [0.15, 0.2) is 0 Å². The summed E-state index contributed by atoms with van der Waals surface area (Å²) in [5.74, 6) is -1.26. The van der Waals surface area contributed by atoms with Gasteiger partial charge in [-0.3, -0.25) is 10.1 Å². The maximum atomic E-state index is 11.0. The smallest absolute Gasteiger partial charge is 0.339 e. The predicted octanol–water partition coefficient (Wildman–Crippen LogP) is 0.625. The van der Waals surface area contributed by atoms with Crippen LogP contribution in [0.3, 0.4) is 0 Å². The van der Waals surface area contributed by atoms with Crippen LogP contribution in [0.1, 0.15) is 23.2 Å². The molecule has 0 spiro atoms. The Hall–Kier alpha value is -2.22. The van der Waals surface area contributed by atoms with Gasteiger partial charge in [-0.05, 0) is 12.8 Å². The fourth-order valence-electron chi connectivity index (χ4n) is 1.54. The third-order valence-corrected chi connectivity index (χ3v) is 2.85. The molecule has 18 heavy (non-hydrogen) atoms. The Morgan fingerprint density at radius 2 is 2.28 bits per heavy atom. The quantitative estimate of drug-likeness (QED) is 0.518. The fourth-order valence-corrected chi connectivity index (χ4v) is 1.54. The number of aliphatic hydroxyl groups is 1. The summed E-state index contributed by atoms with van der Waals surface area (Å²) < 4.78 is 0. The Morgan fingerprint density at radius 1 is 1.61 bits per heavy atom. The summed E-state index contributed by atoms with van der Waals surface area (Å²) in [4.78, 5) is 24.6. The van der Waals surface area contributed by atoms with Gasteiger partial charge in [0.1, 0.15) is 17.6 Å². The second-order valence-corrected chi connectivity index (χ2v) is 4.22. The average molecular weight is 253 g/mol. The molecule has 0 aromatic carbocycles. The Morgan fingerprint density at radius 3 is 2.72 bits per heavy atom. The van der Waals surface area contributed by atoms with Gasteiger partial charge in [0.05, 0.1) is 17.1 Å². The number of carboxylic acids is 1. The molecular formula is C10H11N3O5. The number of aromatic carboxylic acids is 1. The predicted molar refractivity (Wildman–Crippen MR) is 60.5 cm³/mol.